The first-order valence-corrected chi connectivity index (χ1v) is 4.24. The number of nitrogen functional groups attached to an aromatic ring is 1. The van der Waals surface area contributed by atoms with Gasteiger partial charge in [0, 0.05) is 5.69 Å². The molecule has 1 aromatic rings. The molecule has 0 saturated carbocycles. The largest absolute Gasteiger partial charge is 0.496 e. The number of ketones is 1. The van der Waals surface area contributed by atoms with Crippen molar-refractivity contribution in [3.8, 4) is 5.75 Å². The Morgan fingerprint density at radius 1 is 1.47 bits per heavy atom. The molecular weight excluding hydrogens is 204 g/mol. The monoisotopic (exact) mass is 215 g/mol. The zero-order chi connectivity index (χ0) is 11.6. The normalized spacial score (nSPS) is 10.5. The molecule has 0 bridgehead atoms. The Morgan fingerprint density at radius 2 is 2.07 bits per heavy atom. The fourth-order valence-electron chi connectivity index (χ4n) is 1.38. The van der Waals surface area contributed by atoms with Crippen molar-refractivity contribution in [1.82, 2.24) is 0 Å². The highest BCUT2D eigenvalue weighted by Crippen LogP contribution is 2.34. The Kier molecular flexibility index (Phi) is 3.24. The number of rotatable bonds is 3. The van der Waals surface area contributed by atoms with E-state index >= 15 is 0 Å². The van der Waals surface area contributed by atoms with Gasteiger partial charge >= 0.3 is 0 Å². The zero-order valence-electron chi connectivity index (χ0n) is 8.38. The van der Waals surface area contributed by atoms with Gasteiger partial charge in [0.05, 0.1) is 18.2 Å². The van der Waals surface area contributed by atoms with Crippen LogP contribution in [0.4, 0.5) is 14.5 Å². The standard InChI is InChI=1S/C10H11F2NO2/c1-5(14)8-7(15-2)4-3-6(13)9(8)10(11)12/h3-4,10H,13H2,1-2H3. The highest BCUT2D eigenvalue weighted by Gasteiger charge is 2.22. The molecule has 0 aliphatic heterocycles. The molecular formula is C10H11F2NO2. The lowest BCUT2D eigenvalue weighted by molar-refractivity contribution is 0.0995. The third kappa shape index (κ3) is 2.06. The zero-order valence-corrected chi connectivity index (χ0v) is 8.38. The molecule has 0 aromatic heterocycles. The summed E-state index contributed by atoms with van der Waals surface area (Å²) in [5, 5.41) is 0. The number of ether oxygens (including phenoxy) is 1. The minimum atomic E-state index is -2.79. The second-order valence-corrected chi connectivity index (χ2v) is 3.00. The molecule has 1 aromatic carbocycles. The summed E-state index contributed by atoms with van der Waals surface area (Å²) in [7, 11) is 1.31. The van der Waals surface area contributed by atoms with E-state index in [2.05, 4.69) is 0 Å². The molecule has 0 saturated heterocycles. The summed E-state index contributed by atoms with van der Waals surface area (Å²) in [6.45, 7) is 1.20. The van der Waals surface area contributed by atoms with Crippen molar-refractivity contribution in [3.63, 3.8) is 0 Å². The Balaban J connectivity index is 3.51. The number of Topliss-reactive ketones (excluding diaryl/α,β-unsaturated/α-hetero) is 1. The highest BCUT2D eigenvalue weighted by molar-refractivity contribution is 5.99. The van der Waals surface area contributed by atoms with E-state index in [1.807, 2.05) is 0 Å². The van der Waals surface area contributed by atoms with Gasteiger partial charge in [-0.2, -0.15) is 0 Å². The number of alkyl halides is 2. The van der Waals surface area contributed by atoms with Gasteiger partial charge in [0.15, 0.2) is 5.78 Å². The number of benzene rings is 1. The third-order valence-corrected chi connectivity index (χ3v) is 2.03. The summed E-state index contributed by atoms with van der Waals surface area (Å²) < 4.78 is 30.2. The number of nitrogens with two attached hydrogens (primary N) is 1. The topological polar surface area (TPSA) is 52.3 Å². The molecule has 1 rings (SSSR count). The van der Waals surface area contributed by atoms with Crippen LogP contribution in [0.5, 0.6) is 5.75 Å². The van der Waals surface area contributed by atoms with E-state index in [4.69, 9.17) is 10.5 Å². The molecule has 0 atom stereocenters. The van der Waals surface area contributed by atoms with Crippen LogP contribution >= 0.6 is 0 Å². The van der Waals surface area contributed by atoms with Gasteiger partial charge in [0.2, 0.25) is 0 Å². The van der Waals surface area contributed by atoms with Crippen molar-refractivity contribution >= 4 is 11.5 Å². The van der Waals surface area contributed by atoms with Crippen molar-refractivity contribution in [2.75, 3.05) is 12.8 Å². The Hall–Kier alpha value is -1.65. The van der Waals surface area contributed by atoms with E-state index in [0.717, 1.165) is 0 Å². The first-order chi connectivity index (χ1) is 6.99. The summed E-state index contributed by atoms with van der Waals surface area (Å²) >= 11 is 0. The molecule has 3 nitrogen and oxygen atoms in total. The lowest BCUT2D eigenvalue weighted by Crippen LogP contribution is -2.07. The first kappa shape index (κ1) is 11.4. The van der Waals surface area contributed by atoms with E-state index in [0.29, 0.717) is 0 Å². The second kappa shape index (κ2) is 4.25. The summed E-state index contributed by atoms with van der Waals surface area (Å²) in [5.41, 5.74) is 4.69. The van der Waals surface area contributed by atoms with Crippen molar-refractivity contribution in [2.24, 2.45) is 0 Å². The number of carbonyl (C=O) groups excluding carboxylic acids is 1. The van der Waals surface area contributed by atoms with Gasteiger partial charge in [-0.3, -0.25) is 4.79 Å². The minimum absolute atomic E-state index is 0.101. The van der Waals surface area contributed by atoms with Crippen molar-refractivity contribution in [1.29, 1.82) is 0 Å². The van der Waals surface area contributed by atoms with Gasteiger partial charge in [-0.25, -0.2) is 8.78 Å². The molecule has 0 aliphatic carbocycles. The van der Waals surface area contributed by atoms with Crippen molar-refractivity contribution in [3.05, 3.63) is 23.3 Å². The maximum Gasteiger partial charge on any atom is 0.266 e. The molecule has 15 heavy (non-hydrogen) atoms. The van der Waals surface area contributed by atoms with Crippen LogP contribution in [-0.4, -0.2) is 12.9 Å². The van der Waals surface area contributed by atoms with Crippen LogP contribution in [0.25, 0.3) is 0 Å². The summed E-state index contributed by atoms with van der Waals surface area (Å²) in [6, 6.07) is 2.70. The molecule has 0 spiro atoms. The smallest absolute Gasteiger partial charge is 0.266 e. The number of anilines is 1. The van der Waals surface area contributed by atoms with Gasteiger partial charge in [0.1, 0.15) is 5.75 Å². The van der Waals surface area contributed by atoms with Crippen molar-refractivity contribution < 1.29 is 18.3 Å². The van der Waals surface area contributed by atoms with Gasteiger partial charge in [0.25, 0.3) is 6.43 Å². The van der Waals surface area contributed by atoms with Crippen LogP contribution in [0.15, 0.2) is 12.1 Å². The van der Waals surface area contributed by atoms with E-state index in [1.54, 1.807) is 0 Å². The van der Waals surface area contributed by atoms with Gasteiger partial charge in [-0.1, -0.05) is 0 Å². The average molecular weight is 215 g/mol. The Bertz CT molecular complexity index is 391. The van der Waals surface area contributed by atoms with Crippen LogP contribution in [0, 0.1) is 0 Å². The van der Waals surface area contributed by atoms with Crippen molar-refractivity contribution in [2.45, 2.75) is 13.3 Å². The molecule has 2 N–H and O–H groups in total. The predicted octanol–water partition coefficient (Wildman–Crippen LogP) is 2.42. The average Bonchev–Trinajstić information content (AvgIpc) is 2.16. The molecule has 5 heteroatoms. The number of hydrogen-bond donors (Lipinski definition) is 1. The maximum atomic E-state index is 12.7. The van der Waals surface area contributed by atoms with E-state index in [9.17, 15) is 13.6 Å². The van der Waals surface area contributed by atoms with E-state index < -0.39 is 17.8 Å². The van der Waals surface area contributed by atoms with E-state index in [1.165, 1.54) is 26.2 Å². The molecule has 0 fully saturated rings. The number of halogens is 2. The third-order valence-electron chi connectivity index (χ3n) is 2.03. The molecule has 0 aliphatic rings. The van der Waals surface area contributed by atoms with E-state index in [-0.39, 0.29) is 17.0 Å². The van der Waals surface area contributed by atoms with Crippen LogP contribution in [0.3, 0.4) is 0 Å². The van der Waals surface area contributed by atoms with Gasteiger partial charge < -0.3 is 10.5 Å². The molecule has 0 heterocycles. The van der Waals surface area contributed by atoms with Crippen LogP contribution in [-0.2, 0) is 0 Å². The quantitative estimate of drug-likeness (QED) is 0.622. The fraction of sp³-hybridized carbons (Fsp3) is 0.300. The van der Waals surface area contributed by atoms with Gasteiger partial charge in [-0.05, 0) is 19.1 Å². The number of carbonyl (C=O) groups is 1. The highest BCUT2D eigenvalue weighted by atomic mass is 19.3. The Morgan fingerprint density at radius 3 is 2.47 bits per heavy atom. The fourth-order valence-corrected chi connectivity index (χ4v) is 1.38. The SMILES string of the molecule is COc1ccc(N)c(C(F)F)c1C(C)=O. The summed E-state index contributed by atoms with van der Waals surface area (Å²) in [6.07, 6.45) is -2.79. The number of methoxy groups -OCH3 is 1. The Labute approximate surface area is 85.8 Å². The maximum absolute atomic E-state index is 12.7. The molecule has 0 radical (unpaired) electrons. The van der Waals surface area contributed by atoms with Crippen LogP contribution in [0.2, 0.25) is 0 Å². The molecule has 82 valence electrons. The second-order valence-electron chi connectivity index (χ2n) is 3.00. The summed E-state index contributed by atoms with van der Waals surface area (Å²) in [4.78, 5) is 11.2. The first-order valence-electron chi connectivity index (χ1n) is 4.24. The molecule has 0 unspecified atom stereocenters. The minimum Gasteiger partial charge on any atom is -0.496 e. The summed E-state index contributed by atoms with van der Waals surface area (Å²) in [5.74, 6) is -0.374. The predicted molar refractivity (Wildman–Crippen MR) is 52.4 cm³/mol. The molecule has 0 amide bonds. The van der Waals surface area contributed by atoms with Crippen LogP contribution in [0.1, 0.15) is 29.3 Å². The number of hydrogen-bond acceptors (Lipinski definition) is 3. The van der Waals surface area contributed by atoms with Gasteiger partial charge in [-0.15, -0.1) is 0 Å². The lowest BCUT2D eigenvalue weighted by Gasteiger charge is -2.13. The van der Waals surface area contributed by atoms with Crippen LogP contribution < -0.4 is 10.5 Å². The lowest BCUT2D eigenvalue weighted by atomic mass is 10.0.